The topological polar surface area (TPSA) is 93.0 Å². The highest BCUT2D eigenvalue weighted by Gasteiger charge is 2.32. The maximum Gasteiger partial charge on any atom is 0.417 e. The average Bonchev–Trinajstić information content (AvgIpc) is 3.29. The van der Waals surface area contributed by atoms with E-state index in [4.69, 9.17) is 4.98 Å². The lowest BCUT2D eigenvalue weighted by atomic mass is 9.89. The Morgan fingerprint density at radius 1 is 1.07 bits per heavy atom. The van der Waals surface area contributed by atoms with Gasteiger partial charge in [0.25, 0.3) is 5.91 Å². The van der Waals surface area contributed by atoms with E-state index >= 15 is 0 Å². The molecule has 212 valence electrons. The summed E-state index contributed by atoms with van der Waals surface area (Å²) in [6.45, 7) is 9.22. The Labute approximate surface area is 231 Å². The predicted molar refractivity (Wildman–Crippen MR) is 146 cm³/mol. The molecule has 3 aromatic heterocycles. The number of aryl methyl sites for hydroxylation is 1. The fourth-order valence-electron chi connectivity index (χ4n) is 4.70. The van der Waals surface area contributed by atoms with Gasteiger partial charge in [0.2, 0.25) is 5.91 Å². The maximum atomic E-state index is 13.0. The lowest BCUT2D eigenvalue weighted by Gasteiger charge is -2.34. The number of carbonyl (C=O) groups is 2. The van der Waals surface area contributed by atoms with E-state index in [2.05, 4.69) is 21.5 Å². The number of anilines is 1. The number of aromatic nitrogens is 4. The molecule has 1 atom stereocenters. The molecule has 1 aliphatic carbocycles. The summed E-state index contributed by atoms with van der Waals surface area (Å²) in [4.78, 5) is 36.1. The molecule has 0 aliphatic heterocycles. The average molecular weight is 555 g/mol. The van der Waals surface area contributed by atoms with Crippen LogP contribution in [0.5, 0.6) is 0 Å². The zero-order chi connectivity index (χ0) is 29.4. The molecule has 8 nitrogen and oxygen atoms in total. The Hall–Kier alpha value is -4.02. The fourth-order valence-corrected chi connectivity index (χ4v) is 4.70. The minimum atomic E-state index is -4.49. The number of allylic oxidation sites excluding steroid dienone is 1. The normalized spacial score (nSPS) is 15.9. The number of hydrogen-bond acceptors (Lipinski definition) is 5. The third-order valence-electron chi connectivity index (χ3n) is 7.10. The van der Waals surface area contributed by atoms with E-state index in [1.165, 1.54) is 16.9 Å². The van der Waals surface area contributed by atoms with Gasteiger partial charge in [-0.3, -0.25) is 14.6 Å². The van der Waals surface area contributed by atoms with Gasteiger partial charge in [-0.2, -0.15) is 18.3 Å². The van der Waals surface area contributed by atoms with E-state index in [0.29, 0.717) is 17.1 Å². The van der Waals surface area contributed by atoms with E-state index in [-0.39, 0.29) is 23.3 Å². The highest BCUT2D eigenvalue weighted by Crippen LogP contribution is 2.31. The summed E-state index contributed by atoms with van der Waals surface area (Å²) in [7, 11) is 1.86. The minimum Gasteiger partial charge on any atom is -0.342 e. The smallest absolute Gasteiger partial charge is 0.342 e. The Kier molecular flexibility index (Phi) is 7.87. The molecule has 0 radical (unpaired) electrons. The Bertz CT molecular complexity index is 1450. The number of nitrogens with zero attached hydrogens (tertiary/aromatic N) is 5. The second-order valence-corrected chi connectivity index (χ2v) is 11.1. The van der Waals surface area contributed by atoms with Gasteiger partial charge in [0.1, 0.15) is 0 Å². The summed E-state index contributed by atoms with van der Waals surface area (Å²) in [5, 5.41) is 7.00. The van der Waals surface area contributed by atoms with Crippen molar-refractivity contribution < 1.29 is 22.8 Å². The Morgan fingerprint density at radius 2 is 1.80 bits per heavy atom. The van der Waals surface area contributed by atoms with Crippen LogP contribution in [0.4, 0.5) is 18.9 Å². The van der Waals surface area contributed by atoms with Crippen LogP contribution < -0.4 is 5.32 Å². The number of alkyl halides is 3. The van der Waals surface area contributed by atoms with Gasteiger partial charge in [-0.15, -0.1) is 0 Å². The molecule has 0 aromatic carbocycles. The predicted octanol–water partition coefficient (Wildman–Crippen LogP) is 5.99. The molecule has 0 bridgehead atoms. The summed E-state index contributed by atoms with van der Waals surface area (Å²) in [6, 6.07) is 5.94. The van der Waals surface area contributed by atoms with Gasteiger partial charge in [-0.25, -0.2) is 9.67 Å². The maximum absolute atomic E-state index is 13.0. The van der Waals surface area contributed by atoms with Crippen LogP contribution >= 0.6 is 0 Å². The van der Waals surface area contributed by atoms with Crippen molar-refractivity contribution in [1.29, 1.82) is 0 Å². The molecule has 0 fully saturated rings. The number of hydrogen-bond donors (Lipinski definition) is 1. The quantitative estimate of drug-likeness (QED) is 0.418. The molecule has 0 saturated carbocycles. The van der Waals surface area contributed by atoms with E-state index in [1.807, 2.05) is 45.7 Å². The van der Waals surface area contributed by atoms with Crippen LogP contribution in [-0.4, -0.2) is 49.6 Å². The number of halogens is 3. The molecular formula is C29H33F3N6O2. The van der Waals surface area contributed by atoms with E-state index < -0.39 is 23.1 Å². The molecule has 3 aromatic rings. The Morgan fingerprint density at radius 3 is 2.35 bits per heavy atom. The largest absolute Gasteiger partial charge is 0.417 e. The molecule has 11 heteroatoms. The van der Waals surface area contributed by atoms with Crippen molar-refractivity contribution in [3.8, 4) is 5.82 Å². The van der Waals surface area contributed by atoms with E-state index in [9.17, 15) is 22.8 Å². The lowest BCUT2D eigenvalue weighted by molar-refractivity contribution is -0.140. The van der Waals surface area contributed by atoms with Crippen molar-refractivity contribution in [2.45, 2.75) is 66.1 Å². The van der Waals surface area contributed by atoms with Crippen molar-refractivity contribution in [1.82, 2.24) is 24.6 Å². The standard InChI is InChI=1S/C29H33F3N6O2/c1-17-23(12-13-24(35-17)19-7-10-21(11-8-19)37(6)27(40)28(3,4)5)36-26(39)22-16-34-38(18(22)2)25-14-9-20(15-33-25)29(30,31)32/h7,9,12-16,21H,8,10-11H2,1-6H3,(H,36,39). The number of rotatable bonds is 5. The molecule has 4 rings (SSSR count). The Balaban J connectivity index is 1.44. The minimum absolute atomic E-state index is 0.125. The van der Waals surface area contributed by atoms with Crippen LogP contribution in [0.25, 0.3) is 11.4 Å². The highest BCUT2D eigenvalue weighted by atomic mass is 19.4. The molecule has 0 saturated heterocycles. The molecule has 1 aliphatic rings. The number of carbonyl (C=O) groups excluding carboxylic acids is 2. The zero-order valence-corrected chi connectivity index (χ0v) is 23.4. The van der Waals surface area contributed by atoms with Crippen molar-refractivity contribution in [2.24, 2.45) is 5.41 Å². The third-order valence-corrected chi connectivity index (χ3v) is 7.10. The summed E-state index contributed by atoms with van der Waals surface area (Å²) in [5.41, 5.74) is 2.53. The van der Waals surface area contributed by atoms with Crippen LogP contribution in [0.1, 0.15) is 73.0 Å². The SMILES string of the molecule is Cc1nc(C2=CCC(N(C)C(=O)C(C)(C)C)CC2)ccc1NC(=O)c1cnn(-c2ccc(C(F)(F)F)cn2)c1C. The van der Waals surface area contributed by atoms with Crippen LogP contribution in [0.3, 0.4) is 0 Å². The van der Waals surface area contributed by atoms with Gasteiger partial charge in [0.05, 0.1) is 40.1 Å². The highest BCUT2D eigenvalue weighted by molar-refractivity contribution is 6.05. The summed E-state index contributed by atoms with van der Waals surface area (Å²) in [6.07, 6.45) is 2.12. The first-order valence-electron chi connectivity index (χ1n) is 13.0. The van der Waals surface area contributed by atoms with Crippen molar-refractivity contribution in [3.63, 3.8) is 0 Å². The lowest BCUT2D eigenvalue weighted by Crippen LogP contribution is -2.43. The molecular weight excluding hydrogens is 521 g/mol. The van der Waals surface area contributed by atoms with Crippen molar-refractivity contribution in [2.75, 3.05) is 12.4 Å². The van der Waals surface area contributed by atoms with Gasteiger partial charge >= 0.3 is 6.18 Å². The molecule has 2 amide bonds. The van der Waals surface area contributed by atoms with E-state index in [0.717, 1.165) is 42.8 Å². The second kappa shape index (κ2) is 10.9. The second-order valence-electron chi connectivity index (χ2n) is 11.1. The third kappa shape index (κ3) is 6.08. The first-order chi connectivity index (χ1) is 18.7. The van der Waals surface area contributed by atoms with Crippen molar-refractivity contribution >= 4 is 23.1 Å². The van der Waals surface area contributed by atoms with Crippen LogP contribution in [0.15, 0.2) is 42.7 Å². The van der Waals surface area contributed by atoms with Crippen LogP contribution in [0.2, 0.25) is 0 Å². The first kappa shape index (κ1) is 29.0. The van der Waals surface area contributed by atoms with Gasteiger partial charge < -0.3 is 10.2 Å². The first-order valence-corrected chi connectivity index (χ1v) is 13.0. The number of pyridine rings is 2. The van der Waals surface area contributed by atoms with Gasteiger partial charge in [0.15, 0.2) is 5.82 Å². The van der Waals surface area contributed by atoms with Gasteiger partial charge in [-0.05, 0) is 62.9 Å². The van der Waals surface area contributed by atoms with Gasteiger partial charge in [-0.1, -0.05) is 26.8 Å². The zero-order valence-electron chi connectivity index (χ0n) is 23.4. The van der Waals surface area contributed by atoms with Gasteiger partial charge in [0, 0.05) is 24.7 Å². The van der Waals surface area contributed by atoms with E-state index in [1.54, 1.807) is 13.0 Å². The number of amides is 2. The monoisotopic (exact) mass is 554 g/mol. The van der Waals surface area contributed by atoms with Crippen LogP contribution in [-0.2, 0) is 11.0 Å². The molecule has 1 N–H and O–H groups in total. The fraction of sp³-hybridized carbons (Fsp3) is 0.414. The molecule has 40 heavy (non-hydrogen) atoms. The molecule has 0 spiro atoms. The van der Waals surface area contributed by atoms with Crippen LogP contribution in [0, 0.1) is 19.3 Å². The summed E-state index contributed by atoms with van der Waals surface area (Å²) in [5.74, 6) is -0.122. The molecule has 3 heterocycles. The molecule has 1 unspecified atom stereocenters. The summed E-state index contributed by atoms with van der Waals surface area (Å²) < 4.78 is 39.9. The summed E-state index contributed by atoms with van der Waals surface area (Å²) >= 11 is 0. The van der Waals surface area contributed by atoms with Crippen molar-refractivity contribution in [3.05, 3.63) is 70.9 Å². The number of nitrogens with one attached hydrogen (secondary N) is 1.